The first-order valence-corrected chi connectivity index (χ1v) is 13.3. The van der Waals surface area contributed by atoms with Crippen molar-refractivity contribution in [3.05, 3.63) is 0 Å². The molecule has 0 aliphatic heterocycles. The van der Waals surface area contributed by atoms with Crippen LogP contribution in [0.1, 0.15) is 66.2 Å². The van der Waals surface area contributed by atoms with Crippen LogP contribution in [0.25, 0.3) is 0 Å². The van der Waals surface area contributed by atoms with Gasteiger partial charge in [-0.25, -0.2) is 4.79 Å². The van der Waals surface area contributed by atoms with Gasteiger partial charge in [0, 0.05) is 18.9 Å². The summed E-state index contributed by atoms with van der Waals surface area (Å²) in [4.78, 5) is 11.6. The van der Waals surface area contributed by atoms with E-state index in [9.17, 15) is 13.6 Å². The van der Waals surface area contributed by atoms with E-state index in [0.717, 1.165) is 25.9 Å². The van der Waals surface area contributed by atoms with E-state index in [-0.39, 0.29) is 22.5 Å². The van der Waals surface area contributed by atoms with Crippen LogP contribution in [0.4, 0.5) is 8.78 Å². The van der Waals surface area contributed by atoms with Crippen molar-refractivity contribution in [1.29, 1.82) is 0 Å². The summed E-state index contributed by atoms with van der Waals surface area (Å²) >= 11 is 0. The number of hydrogen-bond donors (Lipinski definition) is 0. The zero-order valence-corrected chi connectivity index (χ0v) is 18.8. The van der Waals surface area contributed by atoms with E-state index >= 15 is 0 Å². The molecule has 156 valence electrons. The second kappa shape index (κ2) is 6.51. The molecule has 4 saturated carbocycles. The summed E-state index contributed by atoms with van der Waals surface area (Å²) in [7, 11) is -1.83. The van der Waals surface area contributed by atoms with Gasteiger partial charge in [-0.3, -0.25) is 0 Å². The largest absolute Gasteiger partial charge is 0.461 e. The average Bonchev–Trinajstić information content (AvgIpc) is 2.47. The molecule has 4 rings (SSSR count). The van der Waals surface area contributed by atoms with Crippen LogP contribution in [0.15, 0.2) is 0 Å². The number of esters is 1. The van der Waals surface area contributed by atoms with Crippen molar-refractivity contribution >= 4 is 14.3 Å². The molecular weight excluding hydrogens is 366 g/mol. The highest BCUT2D eigenvalue weighted by Crippen LogP contribution is 2.65. The average molecular weight is 403 g/mol. The van der Waals surface area contributed by atoms with Gasteiger partial charge in [0.15, 0.2) is 8.32 Å². The van der Waals surface area contributed by atoms with Gasteiger partial charge in [0.1, 0.15) is 0 Å². The van der Waals surface area contributed by atoms with E-state index in [1.807, 2.05) is 0 Å². The van der Waals surface area contributed by atoms with Crippen LogP contribution in [0.2, 0.25) is 18.1 Å². The summed E-state index contributed by atoms with van der Waals surface area (Å²) in [5.41, 5.74) is 0.0164. The monoisotopic (exact) mass is 402 g/mol. The summed E-state index contributed by atoms with van der Waals surface area (Å²) in [5, 5.41) is 0.176. The molecule has 0 aromatic rings. The maximum absolute atomic E-state index is 13.2. The van der Waals surface area contributed by atoms with Crippen LogP contribution < -0.4 is 0 Å². The van der Waals surface area contributed by atoms with Crippen molar-refractivity contribution in [3.8, 4) is 0 Å². The van der Waals surface area contributed by atoms with E-state index in [0.29, 0.717) is 18.8 Å². The van der Waals surface area contributed by atoms with Gasteiger partial charge in [0.2, 0.25) is 0 Å². The van der Waals surface area contributed by atoms with E-state index in [1.54, 1.807) is 0 Å². The summed E-state index contributed by atoms with van der Waals surface area (Å²) in [6, 6.07) is 0. The molecule has 0 heterocycles. The van der Waals surface area contributed by atoms with Gasteiger partial charge in [0.25, 0.3) is 0 Å². The van der Waals surface area contributed by atoms with Gasteiger partial charge >= 0.3 is 11.9 Å². The van der Waals surface area contributed by atoms with Gasteiger partial charge in [-0.05, 0) is 73.9 Å². The predicted octanol–water partition coefficient (Wildman–Crippen LogP) is 5.79. The van der Waals surface area contributed by atoms with E-state index in [2.05, 4.69) is 33.9 Å². The van der Waals surface area contributed by atoms with Crippen molar-refractivity contribution in [2.24, 2.45) is 22.7 Å². The van der Waals surface area contributed by atoms with Crippen molar-refractivity contribution < 1.29 is 22.7 Å². The molecule has 3 nitrogen and oxygen atoms in total. The Hall–Kier alpha value is -0.493. The van der Waals surface area contributed by atoms with Gasteiger partial charge in [-0.1, -0.05) is 20.8 Å². The minimum atomic E-state index is -3.41. The number of ether oxygens (including phenoxy) is 1. The quantitative estimate of drug-likeness (QED) is 0.416. The topological polar surface area (TPSA) is 35.5 Å². The minimum Gasteiger partial charge on any atom is -0.461 e. The van der Waals surface area contributed by atoms with Crippen molar-refractivity contribution in [1.82, 2.24) is 0 Å². The molecule has 27 heavy (non-hydrogen) atoms. The van der Waals surface area contributed by atoms with Gasteiger partial charge in [-0.15, -0.1) is 0 Å². The summed E-state index contributed by atoms with van der Waals surface area (Å²) in [5.74, 6) is -3.55. The first kappa shape index (κ1) is 21.2. The zero-order chi connectivity index (χ0) is 20.3. The van der Waals surface area contributed by atoms with Crippen molar-refractivity contribution in [2.75, 3.05) is 13.2 Å². The Kier molecular flexibility index (Phi) is 5.12. The second-order valence-electron chi connectivity index (χ2n) is 11.5. The Bertz CT molecular complexity index is 577. The molecule has 0 aromatic carbocycles. The Labute approximate surface area is 163 Å². The standard InChI is InChI=1S/C21H36F2O3Si/c1-18(2,3)27(5,6)26-14-21-10-15-7-16(11-21)9-20(8-15,12-21)13-25-17(24)19(4,22)23/h15-16H,7-14H2,1-6H3. The molecule has 2 atom stereocenters. The number of carbonyl (C=O) groups excluding carboxylic acids is 1. The lowest BCUT2D eigenvalue weighted by atomic mass is 9.44. The fraction of sp³-hybridized carbons (Fsp3) is 0.952. The third-order valence-corrected chi connectivity index (χ3v) is 12.2. The molecule has 4 aliphatic rings. The third-order valence-electron chi connectivity index (χ3n) is 7.72. The number of carbonyl (C=O) groups is 1. The molecule has 0 N–H and O–H groups in total. The van der Waals surface area contributed by atoms with Crippen LogP contribution in [0.3, 0.4) is 0 Å². The first-order chi connectivity index (χ1) is 12.2. The molecule has 2 unspecified atom stereocenters. The van der Waals surface area contributed by atoms with Crippen LogP contribution in [-0.2, 0) is 14.0 Å². The number of hydrogen-bond acceptors (Lipinski definition) is 3. The maximum Gasteiger partial charge on any atom is 0.376 e. The van der Waals surface area contributed by atoms with Crippen LogP contribution in [0, 0.1) is 22.7 Å². The Morgan fingerprint density at radius 1 is 1.00 bits per heavy atom. The van der Waals surface area contributed by atoms with Crippen LogP contribution in [-0.4, -0.2) is 33.4 Å². The molecule has 6 heteroatoms. The minimum absolute atomic E-state index is 0.123. The highest BCUT2D eigenvalue weighted by Gasteiger charge is 2.58. The first-order valence-electron chi connectivity index (χ1n) is 10.3. The molecule has 0 spiro atoms. The number of rotatable bonds is 6. The Balaban J connectivity index is 1.71. The SMILES string of the molecule is CC(F)(F)C(=O)OCC12CC3CC(C1)CC(CO[Si](C)(C)C(C)(C)C)(C3)C2. The smallest absolute Gasteiger partial charge is 0.376 e. The molecule has 4 bridgehead atoms. The van der Waals surface area contributed by atoms with Gasteiger partial charge < -0.3 is 9.16 Å². The van der Waals surface area contributed by atoms with E-state index in [4.69, 9.17) is 9.16 Å². The lowest BCUT2D eigenvalue weighted by Crippen LogP contribution is -2.56. The third kappa shape index (κ3) is 4.26. The lowest BCUT2D eigenvalue weighted by molar-refractivity contribution is -0.186. The van der Waals surface area contributed by atoms with Crippen molar-refractivity contribution in [2.45, 2.75) is 90.3 Å². The molecule has 4 aliphatic carbocycles. The zero-order valence-electron chi connectivity index (χ0n) is 17.8. The van der Waals surface area contributed by atoms with E-state index < -0.39 is 20.2 Å². The summed E-state index contributed by atoms with van der Waals surface area (Å²) in [6.07, 6.45) is 6.56. The Morgan fingerprint density at radius 2 is 1.48 bits per heavy atom. The number of halogens is 2. The molecule has 0 amide bonds. The van der Waals surface area contributed by atoms with Gasteiger partial charge in [-0.2, -0.15) is 8.78 Å². The van der Waals surface area contributed by atoms with Gasteiger partial charge in [0.05, 0.1) is 6.61 Å². The van der Waals surface area contributed by atoms with Crippen LogP contribution in [0.5, 0.6) is 0 Å². The van der Waals surface area contributed by atoms with Crippen LogP contribution >= 0.6 is 0 Å². The fourth-order valence-electron chi connectivity index (χ4n) is 5.88. The Morgan fingerprint density at radius 3 is 1.93 bits per heavy atom. The summed E-state index contributed by atoms with van der Waals surface area (Å²) in [6.45, 7) is 12.9. The summed E-state index contributed by atoms with van der Waals surface area (Å²) < 4.78 is 38.2. The molecular formula is C21H36F2O3Si. The maximum atomic E-state index is 13.2. The molecule has 0 saturated heterocycles. The van der Waals surface area contributed by atoms with E-state index in [1.165, 1.54) is 19.3 Å². The fourth-order valence-corrected chi connectivity index (χ4v) is 6.98. The van der Waals surface area contributed by atoms with Crippen molar-refractivity contribution in [3.63, 3.8) is 0 Å². The second-order valence-corrected chi connectivity index (χ2v) is 16.3. The lowest BCUT2D eigenvalue weighted by Gasteiger charge is -2.62. The predicted molar refractivity (Wildman–Crippen MR) is 104 cm³/mol. The normalized spacial score (nSPS) is 36.1. The highest BCUT2D eigenvalue weighted by atomic mass is 28.4. The molecule has 0 radical (unpaired) electrons. The molecule has 0 aromatic heterocycles. The number of alkyl halides is 2. The molecule has 4 fully saturated rings. The highest BCUT2D eigenvalue weighted by molar-refractivity contribution is 6.74.